The van der Waals surface area contributed by atoms with Crippen LogP contribution in [0.25, 0.3) is 0 Å². The monoisotopic (exact) mass is 1070 g/mol. The number of nitrogens with two attached hydrogens (primary N) is 1. The predicted octanol–water partition coefficient (Wildman–Crippen LogP) is 19.9. The maximum absolute atomic E-state index is 12.7. The molecule has 0 bridgehead atoms. The smallest absolute Gasteiger partial charge is 0.462 e. The fourth-order valence-corrected chi connectivity index (χ4v) is 9.50. The molecule has 0 saturated heterocycles. The summed E-state index contributed by atoms with van der Waals surface area (Å²) in [5.74, 6) is -0.827. The van der Waals surface area contributed by atoms with Gasteiger partial charge >= 0.3 is 19.8 Å². The Bertz CT molecular complexity index is 1500. The first-order valence-electron chi connectivity index (χ1n) is 31.1. The van der Waals surface area contributed by atoms with E-state index in [1.807, 2.05) is 0 Å². The third-order valence-electron chi connectivity index (χ3n) is 13.3. The standard InChI is InChI=1S/C65H116NO8P/c1-3-5-7-9-11-13-15-17-19-21-23-25-27-28-29-30-31-32-33-34-36-38-40-42-44-46-48-50-52-54-56-58-65(68)74-63(62-73-75(69,70)72-60-59-66)61-71-64(67)57-55-53-51-49-47-45-43-41-39-37-35-26-24-22-20-18-16-14-12-10-8-6-4-2/h5,7,11,13,17,19,23,25,28-29,31-32,34,36,63H,3-4,6,8-10,12,14-16,18,20-22,24,26-27,30,33,35,37-62,66H2,1-2H3,(H,69,70)/b7-5-,13-11-,19-17-,25-23-,29-28-,32-31-,36-34-. The van der Waals surface area contributed by atoms with Crippen LogP contribution in [0, 0.1) is 0 Å². The average Bonchev–Trinajstić information content (AvgIpc) is 3.40. The SMILES string of the molecule is CC/C=C\C/C=C\C/C=C\C/C=C\C/C=C\C/C=C\C/C=C\CCCCCCCCCCCC(=O)OC(COC(=O)CCCCCCCCCCCCCCCCCCCCCCCCC)COP(=O)(O)OCCN. The van der Waals surface area contributed by atoms with Crippen molar-refractivity contribution in [1.82, 2.24) is 0 Å². The molecule has 0 spiro atoms. The Balaban J connectivity index is 3.97. The van der Waals surface area contributed by atoms with Gasteiger partial charge in [0.25, 0.3) is 0 Å². The molecule has 0 rings (SSSR count). The molecule has 3 N–H and O–H groups in total. The molecular formula is C65H116NO8P. The molecule has 0 aromatic heterocycles. The Labute approximate surface area is 462 Å². The highest BCUT2D eigenvalue weighted by Crippen LogP contribution is 2.43. The number of ether oxygens (including phenoxy) is 2. The van der Waals surface area contributed by atoms with Gasteiger partial charge in [-0.25, -0.2) is 4.57 Å². The summed E-state index contributed by atoms with van der Waals surface area (Å²) >= 11 is 0. The first-order valence-corrected chi connectivity index (χ1v) is 32.6. The lowest BCUT2D eigenvalue weighted by Gasteiger charge is -2.19. The van der Waals surface area contributed by atoms with Gasteiger partial charge < -0.3 is 20.1 Å². The van der Waals surface area contributed by atoms with Crippen molar-refractivity contribution >= 4 is 19.8 Å². The largest absolute Gasteiger partial charge is 0.472 e. The van der Waals surface area contributed by atoms with Gasteiger partial charge in [-0.3, -0.25) is 18.6 Å². The van der Waals surface area contributed by atoms with Crippen LogP contribution in [0.3, 0.4) is 0 Å². The van der Waals surface area contributed by atoms with Gasteiger partial charge in [-0.05, 0) is 70.6 Å². The summed E-state index contributed by atoms with van der Waals surface area (Å²) in [6.07, 6.45) is 79.3. The molecule has 0 aliphatic rings. The van der Waals surface area contributed by atoms with Gasteiger partial charge in [0, 0.05) is 19.4 Å². The van der Waals surface area contributed by atoms with Gasteiger partial charge in [0.1, 0.15) is 6.61 Å². The van der Waals surface area contributed by atoms with Gasteiger partial charge in [0.05, 0.1) is 13.2 Å². The fraction of sp³-hybridized carbons (Fsp3) is 0.754. The zero-order chi connectivity index (χ0) is 54.5. The van der Waals surface area contributed by atoms with Crippen LogP contribution in [0.4, 0.5) is 0 Å². The zero-order valence-electron chi connectivity index (χ0n) is 48.5. The number of allylic oxidation sites excluding steroid dienone is 14. The summed E-state index contributed by atoms with van der Waals surface area (Å²) < 4.78 is 33.1. The van der Waals surface area contributed by atoms with Gasteiger partial charge in [0.15, 0.2) is 6.10 Å². The lowest BCUT2D eigenvalue weighted by atomic mass is 10.0. The summed E-state index contributed by atoms with van der Waals surface area (Å²) in [7, 11) is -4.39. The molecule has 9 nitrogen and oxygen atoms in total. The first-order chi connectivity index (χ1) is 36.8. The van der Waals surface area contributed by atoms with Gasteiger partial charge in [-0.1, -0.05) is 285 Å². The lowest BCUT2D eigenvalue weighted by molar-refractivity contribution is -0.161. The number of hydrogen-bond acceptors (Lipinski definition) is 8. The second-order valence-corrected chi connectivity index (χ2v) is 22.0. The Morgan fingerprint density at radius 2 is 0.733 bits per heavy atom. The zero-order valence-corrected chi connectivity index (χ0v) is 49.4. The number of carbonyl (C=O) groups excluding carboxylic acids is 2. The van der Waals surface area contributed by atoms with E-state index in [9.17, 15) is 19.0 Å². The maximum Gasteiger partial charge on any atom is 0.472 e. The van der Waals surface area contributed by atoms with Gasteiger partial charge in [0.2, 0.25) is 0 Å². The summed E-state index contributed by atoms with van der Waals surface area (Å²) in [5, 5.41) is 0. The molecule has 0 heterocycles. The molecule has 0 fully saturated rings. The van der Waals surface area contributed by atoms with E-state index < -0.39 is 26.5 Å². The highest BCUT2D eigenvalue weighted by molar-refractivity contribution is 7.47. The number of esters is 2. The first kappa shape index (κ1) is 72.2. The van der Waals surface area contributed by atoms with E-state index in [0.29, 0.717) is 6.42 Å². The summed E-state index contributed by atoms with van der Waals surface area (Å²) in [6, 6.07) is 0. The second kappa shape index (κ2) is 60.4. The lowest BCUT2D eigenvalue weighted by Crippen LogP contribution is -2.29. The third-order valence-corrected chi connectivity index (χ3v) is 14.3. The van der Waals surface area contributed by atoms with E-state index in [0.717, 1.165) is 89.9 Å². The normalized spacial score (nSPS) is 13.6. The predicted molar refractivity (Wildman–Crippen MR) is 321 cm³/mol. The highest BCUT2D eigenvalue weighted by atomic mass is 31.2. The molecule has 0 aliphatic heterocycles. The number of rotatable bonds is 58. The van der Waals surface area contributed by atoms with Crippen molar-refractivity contribution in [3.05, 3.63) is 85.1 Å². The van der Waals surface area contributed by atoms with Crippen LogP contribution in [-0.2, 0) is 32.7 Å². The van der Waals surface area contributed by atoms with Crippen molar-refractivity contribution in [2.24, 2.45) is 5.73 Å². The second-order valence-electron chi connectivity index (χ2n) is 20.6. The molecule has 0 aromatic rings. The van der Waals surface area contributed by atoms with Crippen molar-refractivity contribution in [1.29, 1.82) is 0 Å². The van der Waals surface area contributed by atoms with E-state index in [1.165, 1.54) is 161 Å². The number of hydrogen-bond donors (Lipinski definition) is 2. The summed E-state index contributed by atoms with van der Waals surface area (Å²) in [4.78, 5) is 35.3. The van der Waals surface area contributed by atoms with E-state index in [2.05, 4.69) is 98.9 Å². The van der Waals surface area contributed by atoms with Crippen molar-refractivity contribution in [2.75, 3.05) is 26.4 Å². The quantitative estimate of drug-likeness (QED) is 0.0264. The molecule has 0 radical (unpaired) electrons. The van der Waals surface area contributed by atoms with E-state index in [-0.39, 0.29) is 38.6 Å². The molecule has 0 aromatic carbocycles. The van der Waals surface area contributed by atoms with Gasteiger partial charge in [-0.15, -0.1) is 0 Å². The van der Waals surface area contributed by atoms with E-state index in [4.69, 9.17) is 24.3 Å². The number of carbonyl (C=O) groups is 2. The molecule has 0 amide bonds. The Morgan fingerprint density at radius 1 is 0.413 bits per heavy atom. The van der Waals surface area contributed by atoms with Crippen molar-refractivity contribution in [3.8, 4) is 0 Å². The average molecular weight is 1070 g/mol. The van der Waals surface area contributed by atoms with Crippen LogP contribution in [-0.4, -0.2) is 49.3 Å². The molecule has 0 saturated carbocycles. The fourth-order valence-electron chi connectivity index (χ4n) is 8.74. The van der Waals surface area contributed by atoms with E-state index in [1.54, 1.807) is 0 Å². The number of unbranched alkanes of at least 4 members (excludes halogenated alkanes) is 31. The van der Waals surface area contributed by atoms with Crippen LogP contribution >= 0.6 is 7.82 Å². The van der Waals surface area contributed by atoms with Crippen LogP contribution in [0.2, 0.25) is 0 Å². The van der Waals surface area contributed by atoms with Crippen molar-refractivity contribution in [2.45, 2.75) is 290 Å². The van der Waals surface area contributed by atoms with Crippen LogP contribution in [0.15, 0.2) is 85.1 Å². The minimum absolute atomic E-state index is 0.0503. The maximum atomic E-state index is 12.7. The molecule has 434 valence electrons. The summed E-state index contributed by atoms with van der Waals surface area (Å²) in [5.41, 5.74) is 5.39. The highest BCUT2D eigenvalue weighted by Gasteiger charge is 2.26. The molecule has 2 atom stereocenters. The molecule has 75 heavy (non-hydrogen) atoms. The molecule has 2 unspecified atom stereocenters. The Hall–Kier alpha value is -2.81. The van der Waals surface area contributed by atoms with Gasteiger partial charge in [-0.2, -0.15) is 0 Å². The summed E-state index contributed by atoms with van der Waals surface area (Å²) in [6.45, 7) is 3.66. The minimum atomic E-state index is -4.39. The van der Waals surface area contributed by atoms with Crippen LogP contribution in [0.5, 0.6) is 0 Å². The Morgan fingerprint density at radius 3 is 1.09 bits per heavy atom. The Kier molecular flexibility index (Phi) is 58.2. The topological polar surface area (TPSA) is 134 Å². The number of phosphoric ester groups is 1. The third kappa shape index (κ3) is 60.3. The van der Waals surface area contributed by atoms with Crippen molar-refractivity contribution < 1.29 is 37.6 Å². The minimum Gasteiger partial charge on any atom is -0.462 e. The number of phosphoric acid groups is 1. The van der Waals surface area contributed by atoms with Crippen LogP contribution < -0.4 is 5.73 Å². The molecular weight excluding hydrogens is 954 g/mol. The van der Waals surface area contributed by atoms with Crippen molar-refractivity contribution in [3.63, 3.8) is 0 Å². The molecule has 10 heteroatoms. The van der Waals surface area contributed by atoms with E-state index >= 15 is 0 Å². The van der Waals surface area contributed by atoms with Crippen LogP contribution in [0.1, 0.15) is 284 Å². The molecule has 0 aliphatic carbocycles.